The van der Waals surface area contributed by atoms with E-state index >= 15 is 0 Å². The molecule has 0 radical (unpaired) electrons. The number of fused-ring (bicyclic) bond motifs is 1. The minimum absolute atomic E-state index is 0.0304. The van der Waals surface area contributed by atoms with Crippen molar-refractivity contribution in [1.82, 2.24) is 0 Å². The second kappa shape index (κ2) is 9.87. The third-order valence-electron chi connectivity index (χ3n) is 4.89. The van der Waals surface area contributed by atoms with Crippen LogP contribution in [0.3, 0.4) is 0 Å². The first-order chi connectivity index (χ1) is 15.6. The van der Waals surface area contributed by atoms with Gasteiger partial charge in [-0.05, 0) is 55.5 Å². The van der Waals surface area contributed by atoms with Gasteiger partial charge in [-0.3, -0.25) is 9.59 Å². The zero-order chi connectivity index (χ0) is 22.3. The molecule has 4 rings (SSSR count). The molecule has 164 valence electrons. The van der Waals surface area contributed by atoms with Crippen LogP contribution < -0.4 is 24.4 Å². The molecule has 32 heavy (non-hydrogen) atoms. The van der Waals surface area contributed by atoms with Gasteiger partial charge in [0, 0.05) is 13.0 Å². The second-order valence-corrected chi connectivity index (χ2v) is 7.10. The topological polar surface area (TPSA) is 77.1 Å². The van der Waals surface area contributed by atoms with E-state index in [1.165, 1.54) is 0 Å². The quantitative estimate of drug-likeness (QED) is 0.562. The monoisotopic (exact) mass is 432 g/mol. The molecule has 0 saturated heterocycles. The summed E-state index contributed by atoms with van der Waals surface area (Å²) in [6.45, 7) is 2.75. The summed E-state index contributed by atoms with van der Waals surface area (Å²) in [5.41, 5.74) is 1.23. The van der Waals surface area contributed by atoms with Gasteiger partial charge < -0.3 is 24.4 Å². The van der Waals surface area contributed by atoms with Gasteiger partial charge in [-0.1, -0.05) is 24.3 Å². The van der Waals surface area contributed by atoms with E-state index in [0.29, 0.717) is 35.2 Å². The zero-order valence-corrected chi connectivity index (χ0v) is 17.7. The van der Waals surface area contributed by atoms with Gasteiger partial charge in [0.25, 0.3) is 5.91 Å². The number of hydrogen-bond donors (Lipinski definition) is 1. The van der Waals surface area contributed by atoms with Crippen molar-refractivity contribution in [3.05, 3.63) is 72.8 Å². The van der Waals surface area contributed by atoms with Crippen molar-refractivity contribution < 1.29 is 23.8 Å². The van der Waals surface area contributed by atoms with Crippen LogP contribution >= 0.6 is 0 Å². The predicted octanol–water partition coefficient (Wildman–Crippen LogP) is 4.63. The van der Waals surface area contributed by atoms with E-state index in [2.05, 4.69) is 5.32 Å². The number of ether oxygens (including phenoxy) is 3. The van der Waals surface area contributed by atoms with Crippen LogP contribution in [0, 0.1) is 0 Å². The Bertz CT molecular complexity index is 1100. The summed E-state index contributed by atoms with van der Waals surface area (Å²) in [5, 5.41) is 2.88. The maximum absolute atomic E-state index is 12.6. The molecule has 7 nitrogen and oxygen atoms in total. The van der Waals surface area contributed by atoms with Gasteiger partial charge in [-0.25, -0.2) is 0 Å². The van der Waals surface area contributed by atoms with Crippen molar-refractivity contribution in [1.29, 1.82) is 0 Å². The van der Waals surface area contributed by atoms with Crippen LogP contribution in [0.15, 0.2) is 72.8 Å². The lowest BCUT2D eigenvalue weighted by Gasteiger charge is -2.29. The zero-order valence-electron chi connectivity index (χ0n) is 17.7. The van der Waals surface area contributed by atoms with Crippen LogP contribution in [0.5, 0.6) is 23.0 Å². The highest BCUT2D eigenvalue weighted by atomic mass is 16.5. The molecule has 0 spiro atoms. The Morgan fingerprint density at radius 1 is 1.00 bits per heavy atom. The number of anilines is 2. The lowest BCUT2D eigenvalue weighted by molar-refractivity contribution is -0.121. The Morgan fingerprint density at radius 2 is 1.72 bits per heavy atom. The Hall–Kier alpha value is -4.00. The summed E-state index contributed by atoms with van der Waals surface area (Å²) in [6.07, 6.45) is 0.136. The molecule has 0 saturated carbocycles. The van der Waals surface area contributed by atoms with E-state index in [0.717, 1.165) is 5.75 Å². The van der Waals surface area contributed by atoms with Crippen LogP contribution in [0.25, 0.3) is 0 Å². The molecule has 0 aliphatic carbocycles. The van der Waals surface area contributed by atoms with E-state index in [4.69, 9.17) is 14.2 Å². The number of benzene rings is 3. The molecule has 3 aromatic carbocycles. The third-order valence-corrected chi connectivity index (χ3v) is 4.89. The van der Waals surface area contributed by atoms with Crippen molar-refractivity contribution >= 4 is 23.2 Å². The number of amides is 2. The van der Waals surface area contributed by atoms with Gasteiger partial charge in [0.05, 0.1) is 18.0 Å². The molecule has 7 heteroatoms. The molecule has 1 aliphatic rings. The van der Waals surface area contributed by atoms with Crippen molar-refractivity contribution in [3.63, 3.8) is 0 Å². The standard InChI is InChI=1S/C25H24N2O5/c1-2-30-18-11-13-19(14-12-18)32-22-9-5-3-7-20(22)26-24(28)15-16-27-21-8-4-6-10-23(21)31-17-25(27)29/h3-14H,2,15-17H2,1H3,(H,26,28). The average molecular weight is 432 g/mol. The number of rotatable bonds is 8. The second-order valence-electron chi connectivity index (χ2n) is 7.10. The van der Waals surface area contributed by atoms with Crippen molar-refractivity contribution in [2.75, 3.05) is 30.0 Å². The summed E-state index contributed by atoms with van der Waals surface area (Å²) in [4.78, 5) is 26.5. The molecule has 1 heterocycles. The summed E-state index contributed by atoms with van der Waals surface area (Å²) in [7, 11) is 0. The minimum Gasteiger partial charge on any atom is -0.494 e. The molecule has 1 aliphatic heterocycles. The highest BCUT2D eigenvalue weighted by Gasteiger charge is 2.25. The summed E-state index contributed by atoms with van der Waals surface area (Å²) in [5.74, 6) is 2.17. The minimum atomic E-state index is -0.218. The van der Waals surface area contributed by atoms with Gasteiger partial charge in [0.15, 0.2) is 12.4 Å². The number of hydrogen-bond acceptors (Lipinski definition) is 5. The molecule has 0 aromatic heterocycles. The number of carbonyl (C=O) groups is 2. The Kier molecular flexibility index (Phi) is 6.55. The van der Waals surface area contributed by atoms with Crippen LogP contribution in [0.4, 0.5) is 11.4 Å². The summed E-state index contributed by atoms with van der Waals surface area (Å²) in [6, 6.07) is 21.8. The van der Waals surface area contributed by atoms with Gasteiger partial charge in [-0.15, -0.1) is 0 Å². The summed E-state index contributed by atoms with van der Waals surface area (Å²) < 4.78 is 16.8. The highest BCUT2D eigenvalue weighted by molar-refractivity contribution is 5.99. The first-order valence-electron chi connectivity index (χ1n) is 10.5. The first-order valence-corrected chi connectivity index (χ1v) is 10.5. The number of nitrogens with zero attached hydrogens (tertiary/aromatic N) is 1. The van der Waals surface area contributed by atoms with E-state index < -0.39 is 0 Å². The molecule has 1 N–H and O–H groups in total. The van der Waals surface area contributed by atoms with Gasteiger partial charge in [0.2, 0.25) is 5.91 Å². The van der Waals surface area contributed by atoms with Crippen LogP contribution in [0.2, 0.25) is 0 Å². The average Bonchev–Trinajstić information content (AvgIpc) is 2.81. The van der Waals surface area contributed by atoms with Gasteiger partial charge in [-0.2, -0.15) is 0 Å². The normalized spacial score (nSPS) is 12.5. The largest absolute Gasteiger partial charge is 0.494 e. The number of carbonyl (C=O) groups excluding carboxylic acids is 2. The number of para-hydroxylation sites is 4. The Labute approximate surface area is 186 Å². The molecule has 0 fully saturated rings. The smallest absolute Gasteiger partial charge is 0.265 e. The van der Waals surface area contributed by atoms with E-state index in [-0.39, 0.29) is 31.4 Å². The Balaban J connectivity index is 1.39. The van der Waals surface area contributed by atoms with Gasteiger partial charge >= 0.3 is 0 Å². The molecule has 0 bridgehead atoms. The van der Waals surface area contributed by atoms with Crippen molar-refractivity contribution in [2.45, 2.75) is 13.3 Å². The molecule has 3 aromatic rings. The molecular weight excluding hydrogens is 408 g/mol. The summed E-state index contributed by atoms with van der Waals surface area (Å²) >= 11 is 0. The van der Waals surface area contributed by atoms with Crippen LogP contribution in [-0.4, -0.2) is 31.6 Å². The fourth-order valence-corrected chi connectivity index (χ4v) is 3.38. The Morgan fingerprint density at radius 3 is 2.53 bits per heavy atom. The maximum atomic E-state index is 12.6. The first kappa shape index (κ1) is 21.2. The number of nitrogens with one attached hydrogen (secondary N) is 1. The van der Waals surface area contributed by atoms with Gasteiger partial charge in [0.1, 0.15) is 17.2 Å². The van der Waals surface area contributed by atoms with Crippen LogP contribution in [0.1, 0.15) is 13.3 Å². The fraction of sp³-hybridized carbons (Fsp3) is 0.200. The third kappa shape index (κ3) is 5.00. The highest BCUT2D eigenvalue weighted by Crippen LogP contribution is 2.32. The fourth-order valence-electron chi connectivity index (χ4n) is 3.38. The van der Waals surface area contributed by atoms with Crippen LogP contribution in [-0.2, 0) is 9.59 Å². The molecule has 2 amide bonds. The van der Waals surface area contributed by atoms with Crippen molar-refractivity contribution in [3.8, 4) is 23.0 Å². The van der Waals surface area contributed by atoms with Crippen molar-refractivity contribution in [2.24, 2.45) is 0 Å². The van der Waals surface area contributed by atoms with E-state index in [9.17, 15) is 9.59 Å². The predicted molar refractivity (Wildman–Crippen MR) is 122 cm³/mol. The van der Waals surface area contributed by atoms with E-state index in [1.54, 1.807) is 17.0 Å². The molecule has 0 unspecified atom stereocenters. The SMILES string of the molecule is CCOc1ccc(Oc2ccccc2NC(=O)CCN2C(=O)COc3ccccc32)cc1. The molecule has 0 atom stereocenters. The van der Waals surface area contributed by atoms with E-state index in [1.807, 2.05) is 67.6 Å². The lowest BCUT2D eigenvalue weighted by atomic mass is 10.2. The maximum Gasteiger partial charge on any atom is 0.265 e. The lowest BCUT2D eigenvalue weighted by Crippen LogP contribution is -2.40. The molecular formula is C25H24N2O5.